The molecular formula is C9H12N4O6S2. The summed E-state index contributed by atoms with van der Waals surface area (Å²) >= 11 is 0.853. The smallest absolute Gasteiger partial charge is 0.326 e. The van der Waals surface area contributed by atoms with Crippen LogP contribution in [0.1, 0.15) is 16.9 Å². The van der Waals surface area contributed by atoms with Crippen molar-refractivity contribution in [1.29, 1.82) is 0 Å². The quantitative estimate of drug-likeness (QED) is 0.473. The zero-order valence-electron chi connectivity index (χ0n) is 10.7. The van der Waals surface area contributed by atoms with Crippen LogP contribution in [0.5, 0.6) is 0 Å². The number of primary amides is 1. The number of carbonyl (C=O) groups is 3. The van der Waals surface area contributed by atoms with E-state index in [0.717, 1.165) is 17.6 Å². The highest BCUT2D eigenvalue weighted by atomic mass is 32.2. The Bertz CT molecular complexity index is 668. The number of carbonyl (C=O) groups excluding carboxylic acids is 2. The van der Waals surface area contributed by atoms with Gasteiger partial charge in [0.15, 0.2) is 5.13 Å². The fourth-order valence-corrected chi connectivity index (χ4v) is 2.76. The molecule has 1 heterocycles. The summed E-state index contributed by atoms with van der Waals surface area (Å²) in [4.78, 5) is 37.0. The molecule has 21 heavy (non-hydrogen) atoms. The third-order valence-electron chi connectivity index (χ3n) is 2.02. The number of carboxylic acids is 1. The Balaban J connectivity index is 2.79. The minimum atomic E-state index is -3.53. The molecule has 1 unspecified atom stereocenters. The van der Waals surface area contributed by atoms with Crippen LogP contribution < -0.4 is 15.8 Å². The van der Waals surface area contributed by atoms with Gasteiger partial charge in [-0.05, 0) is 0 Å². The molecule has 0 aliphatic heterocycles. The van der Waals surface area contributed by atoms with Crippen LogP contribution in [0, 0.1) is 0 Å². The van der Waals surface area contributed by atoms with Crippen LogP contribution >= 0.6 is 11.3 Å². The Morgan fingerprint density at radius 1 is 1.48 bits per heavy atom. The van der Waals surface area contributed by atoms with Gasteiger partial charge in [-0.3, -0.25) is 14.3 Å². The SMILES string of the molecule is CS(=O)(=O)Nc1nc(C(=O)NC(CC(N)=O)C(=O)O)cs1. The summed E-state index contributed by atoms with van der Waals surface area (Å²) in [6.45, 7) is 0. The molecule has 0 aliphatic rings. The molecule has 0 radical (unpaired) electrons. The maximum Gasteiger partial charge on any atom is 0.326 e. The van der Waals surface area contributed by atoms with Crippen LogP contribution in [0.4, 0.5) is 5.13 Å². The summed E-state index contributed by atoms with van der Waals surface area (Å²) in [5, 5.41) is 12.1. The zero-order valence-corrected chi connectivity index (χ0v) is 12.3. The van der Waals surface area contributed by atoms with Gasteiger partial charge in [0.2, 0.25) is 15.9 Å². The first kappa shape index (κ1) is 16.8. The molecule has 0 bridgehead atoms. The third-order valence-corrected chi connectivity index (χ3v) is 3.47. The Morgan fingerprint density at radius 2 is 2.10 bits per heavy atom. The largest absolute Gasteiger partial charge is 0.480 e. The summed E-state index contributed by atoms with van der Waals surface area (Å²) in [5.74, 6) is -3.17. The maximum absolute atomic E-state index is 11.8. The van der Waals surface area contributed by atoms with Crippen molar-refractivity contribution in [1.82, 2.24) is 10.3 Å². The molecule has 0 fully saturated rings. The van der Waals surface area contributed by atoms with E-state index in [2.05, 4.69) is 15.0 Å². The first-order valence-corrected chi connectivity index (χ1v) is 8.11. The van der Waals surface area contributed by atoms with Gasteiger partial charge in [0.1, 0.15) is 11.7 Å². The number of aliphatic carboxylic acids is 1. The predicted molar refractivity (Wildman–Crippen MR) is 73.3 cm³/mol. The van der Waals surface area contributed by atoms with E-state index in [0.29, 0.717) is 0 Å². The molecule has 0 spiro atoms. The van der Waals surface area contributed by atoms with Crippen molar-refractivity contribution < 1.29 is 27.9 Å². The summed E-state index contributed by atoms with van der Waals surface area (Å²) in [5.41, 5.74) is 4.70. The standard InChI is InChI=1S/C9H12N4O6S2/c1-21(18,19)13-9-12-5(3-20-9)7(15)11-4(8(16)17)2-6(10)14/h3-4H,2H2,1H3,(H2,10,14)(H,11,15)(H,12,13)(H,16,17). The van der Waals surface area contributed by atoms with Crippen LogP contribution in [0.25, 0.3) is 0 Å². The van der Waals surface area contributed by atoms with E-state index in [1.165, 1.54) is 5.38 Å². The van der Waals surface area contributed by atoms with Crippen molar-refractivity contribution in [2.75, 3.05) is 11.0 Å². The van der Waals surface area contributed by atoms with E-state index in [1.54, 1.807) is 0 Å². The lowest BCUT2D eigenvalue weighted by Crippen LogP contribution is -2.43. The Hall–Kier alpha value is -2.21. The van der Waals surface area contributed by atoms with Crippen LogP contribution in [0.15, 0.2) is 5.38 Å². The number of sulfonamides is 1. The van der Waals surface area contributed by atoms with Crippen LogP contribution in [0.3, 0.4) is 0 Å². The minimum Gasteiger partial charge on any atom is -0.480 e. The highest BCUT2D eigenvalue weighted by Crippen LogP contribution is 2.16. The van der Waals surface area contributed by atoms with Crippen LogP contribution in [-0.2, 0) is 19.6 Å². The van der Waals surface area contributed by atoms with E-state index in [-0.39, 0.29) is 10.8 Å². The number of anilines is 1. The highest BCUT2D eigenvalue weighted by Gasteiger charge is 2.24. The zero-order chi connectivity index (χ0) is 16.2. The van der Waals surface area contributed by atoms with Crippen LogP contribution in [-0.4, -0.2) is 48.6 Å². The minimum absolute atomic E-state index is 0.0376. The average Bonchev–Trinajstić information content (AvgIpc) is 2.73. The number of amides is 2. The van der Waals surface area contributed by atoms with Gasteiger partial charge < -0.3 is 16.2 Å². The van der Waals surface area contributed by atoms with E-state index in [1.807, 2.05) is 0 Å². The van der Waals surface area contributed by atoms with Crippen molar-refractivity contribution in [3.63, 3.8) is 0 Å². The first-order valence-electron chi connectivity index (χ1n) is 5.34. The van der Waals surface area contributed by atoms with Gasteiger partial charge in [0.05, 0.1) is 12.7 Å². The topological polar surface area (TPSA) is 169 Å². The molecule has 0 saturated heterocycles. The molecule has 116 valence electrons. The van der Waals surface area contributed by atoms with E-state index < -0.39 is 40.3 Å². The van der Waals surface area contributed by atoms with E-state index in [4.69, 9.17) is 10.8 Å². The van der Waals surface area contributed by atoms with E-state index in [9.17, 15) is 22.8 Å². The molecule has 1 atom stereocenters. The predicted octanol–water partition coefficient (Wildman–Crippen LogP) is -1.43. The van der Waals surface area contributed by atoms with Gasteiger partial charge in [-0.1, -0.05) is 0 Å². The van der Waals surface area contributed by atoms with Crippen LogP contribution in [0.2, 0.25) is 0 Å². The molecule has 0 saturated carbocycles. The Morgan fingerprint density at radius 3 is 2.57 bits per heavy atom. The molecule has 1 aromatic rings. The summed E-state index contributed by atoms with van der Waals surface area (Å²) < 4.78 is 24.1. The molecule has 5 N–H and O–H groups in total. The Kier molecular flexibility index (Phi) is 5.21. The summed E-state index contributed by atoms with van der Waals surface area (Å²) in [7, 11) is -3.53. The van der Waals surface area contributed by atoms with Crippen molar-refractivity contribution in [3.8, 4) is 0 Å². The number of thiazole rings is 1. The molecule has 12 heteroatoms. The van der Waals surface area contributed by atoms with Gasteiger partial charge in [-0.2, -0.15) is 0 Å². The molecule has 1 aromatic heterocycles. The lowest BCUT2D eigenvalue weighted by molar-refractivity contribution is -0.140. The van der Waals surface area contributed by atoms with E-state index >= 15 is 0 Å². The highest BCUT2D eigenvalue weighted by molar-refractivity contribution is 7.92. The summed E-state index contributed by atoms with van der Waals surface area (Å²) in [6, 6.07) is -1.48. The fraction of sp³-hybridized carbons (Fsp3) is 0.333. The van der Waals surface area contributed by atoms with Crippen molar-refractivity contribution in [3.05, 3.63) is 11.1 Å². The number of hydrogen-bond acceptors (Lipinski definition) is 7. The van der Waals surface area contributed by atoms with Gasteiger partial charge in [0.25, 0.3) is 5.91 Å². The number of aromatic nitrogens is 1. The monoisotopic (exact) mass is 336 g/mol. The molecule has 0 aliphatic carbocycles. The van der Waals surface area contributed by atoms with Crippen molar-refractivity contribution in [2.24, 2.45) is 5.73 Å². The number of rotatable bonds is 7. The molecule has 2 amide bonds. The Labute approximate surface area is 123 Å². The third kappa shape index (κ3) is 5.74. The second kappa shape index (κ2) is 6.49. The van der Waals surface area contributed by atoms with Crippen molar-refractivity contribution in [2.45, 2.75) is 12.5 Å². The lowest BCUT2D eigenvalue weighted by Gasteiger charge is -2.11. The first-order chi connectivity index (χ1) is 9.58. The van der Waals surface area contributed by atoms with Gasteiger partial charge in [-0.15, -0.1) is 11.3 Å². The van der Waals surface area contributed by atoms with Crippen molar-refractivity contribution >= 4 is 44.3 Å². The number of hydrogen-bond donors (Lipinski definition) is 4. The normalized spacial score (nSPS) is 12.4. The molecule has 1 rings (SSSR count). The maximum atomic E-state index is 11.8. The number of nitrogens with zero attached hydrogens (tertiary/aromatic N) is 1. The van der Waals surface area contributed by atoms with Gasteiger partial charge in [-0.25, -0.2) is 18.2 Å². The van der Waals surface area contributed by atoms with Gasteiger partial charge >= 0.3 is 5.97 Å². The summed E-state index contributed by atoms with van der Waals surface area (Å²) in [6.07, 6.45) is 0.348. The number of nitrogens with two attached hydrogens (primary N) is 1. The molecule has 10 nitrogen and oxygen atoms in total. The second-order valence-corrected chi connectivity index (χ2v) is 6.55. The van der Waals surface area contributed by atoms with Gasteiger partial charge in [0, 0.05) is 5.38 Å². The number of carboxylic acid groups (broad SMARTS) is 1. The fourth-order valence-electron chi connectivity index (χ4n) is 1.22. The lowest BCUT2D eigenvalue weighted by atomic mass is 10.2. The second-order valence-electron chi connectivity index (χ2n) is 3.95. The average molecular weight is 336 g/mol. The number of nitrogens with one attached hydrogen (secondary N) is 2. The molecule has 0 aromatic carbocycles. The molecular weight excluding hydrogens is 324 g/mol.